The molecular weight excluding hydrogens is 380 g/mol. The quantitative estimate of drug-likeness (QED) is 0.475. The first kappa shape index (κ1) is 19.3. The minimum absolute atomic E-state index is 0.129. The van der Waals surface area contributed by atoms with E-state index in [0.29, 0.717) is 5.52 Å². The normalized spacial score (nSPS) is 10.5. The number of nitrogens with one attached hydrogen (secondary N) is 1. The smallest absolute Gasteiger partial charge is 0.420 e. The molecule has 0 aliphatic heterocycles. The monoisotopic (exact) mass is 400 g/mol. The SMILES string of the molecule is O=C(Nc1cc2ccccc2n1C(=O)OCc1ccccc1)OCc1ccccc1. The van der Waals surface area contributed by atoms with E-state index in [0.717, 1.165) is 16.5 Å². The summed E-state index contributed by atoms with van der Waals surface area (Å²) >= 11 is 0. The number of carbonyl (C=O) groups is 2. The summed E-state index contributed by atoms with van der Waals surface area (Å²) in [4.78, 5) is 25.1. The Balaban J connectivity index is 1.51. The molecule has 4 aromatic rings. The van der Waals surface area contributed by atoms with Crippen LogP contribution in [0.1, 0.15) is 11.1 Å². The third-order valence-electron chi connectivity index (χ3n) is 4.54. The Morgan fingerprint density at radius 3 is 1.97 bits per heavy atom. The second kappa shape index (κ2) is 8.96. The number of benzene rings is 3. The maximum absolute atomic E-state index is 12.8. The summed E-state index contributed by atoms with van der Waals surface area (Å²) in [5.41, 5.74) is 2.38. The number of amides is 1. The highest BCUT2D eigenvalue weighted by Gasteiger charge is 2.18. The van der Waals surface area contributed by atoms with Crippen molar-refractivity contribution in [1.82, 2.24) is 4.57 Å². The van der Waals surface area contributed by atoms with Gasteiger partial charge in [-0.15, -0.1) is 0 Å². The molecule has 4 rings (SSSR count). The van der Waals surface area contributed by atoms with Gasteiger partial charge in [-0.1, -0.05) is 78.9 Å². The second-order valence-corrected chi connectivity index (χ2v) is 6.65. The Kier molecular flexibility index (Phi) is 5.75. The zero-order valence-corrected chi connectivity index (χ0v) is 16.2. The lowest BCUT2D eigenvalue weighted by Gasteiger charge is -2.11. The minimum Gasteiger partial charge on any atom is -0.444 e. The molecule has 0 bridgehead atoms. The molecule has 1 heterocycles. The van der Waals surface area contributed by atoms with Crippen molar-refractivity contribution in [2.45, 2.75) is 13.2 Å². The zero-order chi connectivity index (χ0) is 20.8. The van der Waals surface area contributed by atoms with Crippen LogP contribution in [-0.4, -0.2) is 16.8 Å². The van der Waals surface area contributed by atoms with Crippen LogP contribution in [0.2, 0.25) is 0 Å². The van der Waals surface area contributed by atoms with Crippen LogP contribution in [0.4, 0.5) is 15.4 Å². The molecule has 0 atom stereocenters. The van der Waals surface area contributed by atoms with Crippen molar-refractivity contribution < 1.29 is 19.1 Å². The molecule has 0 saturated carbocycles. The highest BCUT2D eigenvalue weighted by Crippen LogP contribution is 2.24. The van der Waals surface area contributed by atoms with E-state index < -0.39 is 12.2 Å². The van der Waals surface area contributed by atoms with Crippen LogP contribution in [0.15, 0.2) is 91.0 Å². The van der Waals surface area contributed by atoms with E-state index in [9.17, 15) is 9.59 Å². The number of para-hydroxylation sites is 1. The van der Waals surface area contributed by atoms with Crippen molar-refractivity contribution in [3.05, 3.63) is 102 Å². The van der Waals surface area contributed by atoms with Crippen LogP contribution < -0.4 is 5.32 Å². The molecular formula is C24H20N2O4. The Labute approximate surface area is 173 Å². The van der Waals surface area contributed by atoms with Gasteiger partial charge in [0.15, 0.2) is 0 Å². The molecule has 3 aromatic carbocycles. The second-order valence-electron chi connectivity index (χ2n) is 6.65. The highest BCUT2D eigenvalue weighted by molar-refractivity contribution is 5.98. The van der Waals surface area contributed by atoms with Crippen LogP contribution in [0.25, 0.3) is 10.9 Å². The van der Waals surface area contributed by atoms with Crippen molar-refractivity contribution in [3.63, 3.8) is 0 Å². The van der Waals surface area contributed by atoms with Gasteiger partial charge >= 0.3 is 12.2 Å². The third-order valence-corrected chi connectivity index (χ3v) is 4.54. The summed E-state index contributed by atoms with van der Waals surface area (Å²) in [7, 11) is 0. The molecule has 0 radical (unpaired) electrons. The zero-order valence-electron chi connectivity index (χ0n) is 16.2. The molecule has 0 fully saturated rings. The summed E-state index contributed by atoms with van der Waals surface area (Å²) in [5.74, 6) is 0.285. The van der Waals surface area contributed by atoms with E-state index in [2.05, 4.69) is 5.32 Å². The first-order valence-corrected chi connectivity index (χ1v) is 9.50. The summed E-state index contributed by atoms with van der Waals surface area (Å²) in [6.45, 7) is 0.259. The molecule has 1 N–H and O–H groups in total. The number of carbonyl (C=O) groups excluding carboxylic acids is 2. The molecule has 30 heavy (non-hydrogen) atoms. The Morgan fingerprint density at radius 2 is 1.30 bits per heavy atom. The number of aromatic nitrogens is 1. The molecule has 6 heteroatoms. The van der Waals surface area contributed by atoms with Gasteiger partial charge in [-0.05, 0) is 23.3 Å². The van der Waals surface area contributed by atoms with E-state index in [4.69, 9.17) is 9.47 Å². The van der Waals surface area contributed by atoms with Crippen LogP contribution in [-0.2, 0) is 22.7 Å². The van der Waals surface area contributed by atoms with Crippen LogP contribution >= 0.6 is 0 Å². The predicted octanol–water partition coefficient (Wildman–Crippen LogP) is 5.57. The van der Waals surface area contributed by atoms with Crippen molar-refractivity contribution in [2.24, 2.45) is 0 Å². The van der Waals surface area contributed by atoms with E-state index in [1.54, 1.807) is 12.1 Å². The van der Waals surface area contributed by atoms with Crippen LogP contribution in [0, 0.1) is 0 Å². The lowest BCUT2D eigenvalue weighted by atomic mass is 10.2. The lowest BCUT2D eigenvalue weighted by molar-refractivity contribution is 0.142. The van der Waals surface area contributed by atoms with Gasteiger partial charge in [0.1, 0.15) is 19.0 Å². The number of fused-ring (bicyclic) bond motifs is 1. The van der Waals surface area contributed by atoms with E-state index in [-0.39, 0.29) is 19.0 Å². The molecule has 1 amide bonds. The fraction of sp³-hybridized carbons (Fsp3) is 0.0833. The molecule has 0 aliphatic rings. The fourth-order valence-corrected chi connectivity index (χ4v) is 3.09. The van der Waals surface area contributed by atoms with Gasteiger partial charge in [-0.3, -0.25) is 5.32 Å². The van der Waals surface area contributed by atoms with E-state index in [1.165, 1.54) is 4.57 Å². The average Bonchev–Trinajstić information content (AvgIpc) is 3.15. The van der Waals surface area contributed by atoms with Crippen molar-refractivity contribution >= 4 is 28.9 Å². The average molecular weight is 400 g/mol. The molecule has 6 nitrogen and oxygen atoms in total. The highest BCUT2D eigenvalue weighted by atomic mass is 16.6. The standard InChI is InChI=1S/C24H20N2O4/c27-23(29-16-18-9-3-1-4-10-18)25-22-15-20-13-7-8-14-21(20)26(22)24(28)30-17-19-11-5-2-6-12-19/h1-15H,16-17H2,(H,25,27). The van der Waals surface area contributed by atoms with E-state index in [1.807, 2.05) is 78.9 Å². The van der Waals surface area contributed by atoms with Gasteiger partial charge in [-0.25, -0.2) is 14.2 Å². The van der Waals surface area contributed by atoms with Crippen molar-refractivity contribution in [2.75, 3.05) is 5.32 Å². The van der Waals surface area contributed by atoms with Crippen LogP contribution in [0.5, 0.6) is 0 Å². The van der Waals surface area contributed by atoms with E-state index >= 15 is 0 Å². The topological polar surface area (TPSA) is 69.6 Å². The van der Waals surface area contributed by atoms with Crippen molar-refractivity contribution in [1.29, 1.82) is 0 Å². The number of rotatable bonds is 5. The molecule has 0 unspecified atom stereocenters. The maximum Gasteiger partial charge on any atom is 0.420 e. The number of anilines is 1. The van der Waals surface area contributed by atoms with Crippen LogP contribution in [0.3, 0.4) is 0 Å². The molecule has 150 valence electrons. The Bertz CT molecular complexity index is 1150. The number of hydrogen-bond acceptors (Lipinski definition) is 4. The Hall–Kier alpha value is -4.06. The molecule has 0 saturated heterocycles. The third kappa shape index (κ3) is 4.50. The Morgan fingerprint density at radius 1 is 0.733 bits per heavy atom. The fourth-order valence-electron chi connectivity index (χ4n) is 3.09. The maximum atomic E-state index is 12.8. The molecule has 0 aliphatic carbocycles. The van der Waals surface area contributed by atoms with Gasteiger partial charge in [0, 0.05) is 5.39 Å². The summed E-state index contributed by atoms with van der Waals surface area (Å²) in [6, 6.07) is 27.8. The summed E-state index contributed by atoms with van der Waals surface area (Å²) in [6.07, 6.45) is -1.24. The van der Waals surface area contributed by atoms with Gasteiger partial charge in [0.05, 0.1) is 5.52 Å². The van der Waals surface area contributed by atoms with Gasteiger partial charge in [0.2, 0.25) is 0 Å². The van der Waals surface area contributed by atoms with Crippen molar-refractivity contribution in [3.8, 4) is 0 Å². The van der Waals surface area contributed by atoms with Gasteiger partial charge < -0.3 is 9.47 Å². The van der Waals surface area contributed by atoms with Gasteiger partial charge in [0.25, 0.3) is 0 Å². The number of hydrogen-bond donors (Lipinski definition) is 1. The summed E-state index contributed by atoms with van der Waals surface area (Å²) in [5, 5.41) is 3.45. The number of ether oxygens (including phenoxy) is 2. The lowest BCUT2D eigenvalue weighted by Crippen LogP contribution is -2.20. The molecule has 0 spiro atoms. The molecule has 1 aromatic heterocycles. The number of nitrogens with zero attached hydrogens (tertiary/aromatic N) is 1. The first-order chi connectivity index (χ1) is 14.7. The minimum atomic E-state index is -0.654. The van der Waals surface area contributed by atoms with Gasteiger partial charge in [-0.2, -0.15) is 0 Å². The predicted molar refractivity (Wildman–Crippen MR) is 114 cm³/mol. The largest absolute Gasteiger partial charge is 0.444 e. The first-order valence-electron chi connectivity index (χ1n) is 9.50. The summed E-state index contributed by atoms with van der Waals surface area (Å²) < 4.78 is 12.1.